The molecule has 1 saturated heterocycles. The molecule has 2 aliphatic rings. The zero-order valence-electron chi connectivity index (χ0n) is 16.4. The number of piperidine rings is 1. The largest absolute Gasteiger partial charge is 0.354 e. The molecule has 2 bridgehead atoms. The van der Waals surface area contributed by atoms with Crippen LogP contribution in [0.25, 0.3) is 0 Å². The first-order valence-electron chi connectivity index (χ1n) is 9.93. The van der Waals surface area contributed by atoms with E-state index in [4.69, 9.17) is 0 Å². The monoisotopic (exact) mass is 374 g/mol. The number of carbonyl (C=O) groups is 2. The molecule has 3 amide bonds. The van der Waals surface area contributed by atoms with E-state index >= 15 is 0 Å². The molecule has 0 spiro atoms. The van der Waals surface area contributed by atoms with E-state index in [9.17, 15) is 14.4 Å². The average molecular weight is 374 g/mol. The van der Waals surface area contributed by atoms with Crippen LogP contribution in [0.3, 0.4) is 0 Å². The molecule has 0 radical (unpaired) electrons. The first kappa shape index (κ1) is 19.5. The van der Waals surface area contributed by atoms with Crippen molar-refractivity contribution in [2.75, 3.05) is 19.6 Å². The quantitative estimate of drug-likeness (QED) is 0.820. The van der Waals surface area contributed by atoms with E-state index < -0.39 is 6.04 Å². The minimum atomic E-state index is -0.541. The molecular formula is C20H30N4O3. The fourth-order valence-corrected chi connectivity index (χ4v) is 4.18. The minimum Gasteiger partial charge on any atom is -0.354 e. The van der Waals surface area contributed by atoms with E-state index in [1.54, 1.807) is 12.1 Å². The van der Waals surface area contributed by atoms with Crippen LogP contribution in [0.2, 0.25) is 0 Å². The molecule has 0 aromatic carbocycles. The number of rotatable bonds is 5. The molecule has 3 rings (SSSR count). The first-order valence-corrected chi connectivity index (χ1v) is 9.93. The van der Waals surface area contributed by atoms with Crippen LogP contribution in [0, 0.1) is 11.8 Å². The van der Waals surface area contributed by atoms with Crippen molar-refractivity contribution in [1.29, 1.82) is 0 Å². The van der Waals surface area contributed by atoms with Gasteiger partial charge in [-0.25, -0.2) is 4.79 Å². The molecule has 148 valence electrons. The lowest BCUT2D eigenvalue weighted by atomic mass is 9.83. The summed E-state index contributed by atoms with van der Waals surface area (Å²) >= 11 is 0. The summed E-state index contributed by atoms with van der Waals surface area (Å²) in [5, 5.41) is 5.80. The number of pyridine rings is 1. The van der Waals surface area contributed by atoms with Gasteiger partial charge in [-0.1, -0.05) is 26.8 Å². The maximum atomic E-state index is 12.9. The lowest BCUT2D eigenvalue weighted by Gasteiger charge is -2.43. The highest BCUT2D eigenvalue weighted by molar-refractivity contribution is 5.87. The zero-order chi connectivity index (χ0) is 19.6. The molecule has 2 N–H and O–H groups in total. The number of urea groups is 1. The standard InChI is InChI=1S/C20H30N4O3/c1-4-8-21-19(26)18(13(2)3)22-20(27)23-10-14-9-15(12-23)16-6-5-7-17(25)24(16)11-14/h5-7,13-15,18H,4,8-12H2,1-3H3,(H,21,26)(H,22,27)/t14-,15+,18-/m0/s1. The first-order chi connectivity index (χ1) is 12.9. The highest BCUT2D eigenvalue weighted by Crippen LogP contribution is 2.34. The Kier molecular flexibility index (Phi) is 5.87. The molecule has 0 aliphatic carbocycles. The van der Waals surface area contributed by atoms with Gasteiger partial charge in [-0.3, -0.25) is 9.59 Å². The van der Waals surface area contributed by atoms with Crippen molar-refractivity contribution >= 4 is 11.9 Å². The van der Waals surface area contributed by atoms with Crippen molar-refractivity contribution in [3.8, 4) is 0 Å². The Bertz CT molecular complexity index is 758. The Morgan fingerprint density at radius 3 is 2.70 bits per heavy atom. The second-order valence-corrected chi connectivity index (χ2v) is 8.07. The van der Waals surface area contributed by atoms with Crippen LogP contribution in [-0.4, -0.2) is 47.1 Å². The number of aromatic nitrogens is 1. The van der Waals surface area contributed by atoms with E-state index in [-0.39, 0.29) is 35.3 Å². The Labute approximate surface area is 160 Å². The number of amides is 3. The predicted octanol–water partition coefficient (Wildman–Crippen LogP) is 1.53. The van der Waals surface area contributed by atoms with E-state index in [1.807, 2.05) is 36.3 Å². The minimum absolute atomic E-state index is 0.00870. The van der Waals surface area contributed by atoms with Gasteiger partial charge >= 0.3 is 6.03 Å². The van der Waals surface area contributed by atoms with Gasteiger partial charge in [0.05, 0.1) is 0 Å². The third-order valence-electron chi connectivity index (χ3n) is 5.54. The molecule has 1 fully saturated rings. The van der Waals surface area contributed by atoms with Gasteiger partial charge in [0, 0.05) is 43.9 Å². The van der Waals surface area contributed by atoms with Gasteiger partial charge in [0.1, 0.15) is 6.04 Å². The van der Waals surface area contributed by atoms with Gasteiger partial charge in [0.25, 0.3) is 5.56 Å². The number of hydrogen-bond acceptors (Lipinski definition) is 3. The maximum Gasteiger partial charge on any atom is 0.318 e. The Morgan fingerprint density at radius 2 is 2.00 bits per heavy atom. The van der Waals surface area contributed by atoms with Crippen molar-refractivity contribution in [3.05, 3.63) is 34.2 Å². The molecule has 1 aromatic rings. The molecule has 2 aliphatic heterocycles. The summed E-state index contributed by atoms with van der Waals surface area (Å²) in [5.74, 6) is 0.320. The predicted molar refractivity (Wildman–Crippen MR) is 104 cm³/mol. The average Bonchev–Trinajstić information content (AvgIpc) is 2.64. The fraction of sp³-hybridized carbons (Fsp3) is 0.650. The summed E-state index contributed by atoms with van der Waals surface area (Å²) in [7, 11) is 0. The van der Waals surface area contributed by atoms with E-state index in [2.05, 4.69) is 10.6 Å². The molecular weight excluding hydrogens is 344 g/mol. The SMILES string of the molecule is CCCNC(=O)[C@@H](NC(=O)N1C[C@@H]2C[C@H](C1)c1cccc(=O)n1C2)C(C)C. The van der Waals surface area contributed by atoms with Gasteiger partial charge in [-0.05, 0) is 30.7 Å². The van der Waals surface area contributed by atoms with Crippen LogP contribution >= 0.6 is 0 Å². The molecule has 27 heavy (non-hydrogen) atoms. The van der Waals surface area contributed by atoms with Crippen LogP contribution in [0.1, 0.15) is 45.2 Å². The van der Waals surface area contributed by atoms with Crippen LogP contribution < -0.4 is 16.2 Å². The molecule has 7 heteroatoms. The molecule has 1 aromatic heterocycles. The van der Waals surface area contributed by atoms with Crippen LogP contribution in [-0.2, 0) is 11.3 Å². The summed E-state index contributed by atoms with van der Waals surface area (Å²) in [6.45, 7) is 8.32. The maximum absolute atomic E-state index is 12.9. The van der Waals surface area contributed by atoms with Crippen molar-refractivity contribution < 1.29 is 9.59 Å². The number of fused-ring (bicyclic) bond motifs is 4. The number of hydrogen-bond donors (Lipinski definition) is 2. The molecule has 3 heterocycles. The third-order valence-corrected chi connectivity index (χ3v) is 5.54. The second-order valence-electron chi connectivity index (χ2n) is 8.07. The van der Waals surface area contributed by atoms with Crippen molar-refractivity contribution in [1.82, 2.24) is 20.1 Å². The highest BCUT2D eigenvalue weighted by atomic mass is 16.2. The highest BCUT2D eigenvalue weighted by Gasteiger charge is 2.37. The van der Waals surface area contributed by atoms with Crippen molar-refractivity contribution in [3.63, 3.8) is 0 Å². The zero-order valence-corrected chi connectivity index (χ0v) is 16.4. The van der Waals surface area contributed by atoms with E-state index in [0.29, 0.717) is 26.2 Å². The number of carbonyl (C=O) groups excluding carboxylic acids is 2. The summed E-state index contributed by atoms with van der Waals surface area (Å²) in [4.78, 5) is 39.2. The van der Waals surface area contributed by atoms with Gasteiger partial charge in [-0.15, -0.1) is 0 Å². The van der Waals surface area contributed by atoms with E-state index in [0.717, 1.165) is 18.5 Å². The Balaban J connectivity index is 1.70. The summed E-state index contributed by atoms with van der Waals surface area (Å²) in [6.07, 6.45) is 1.86. The van der Waals surface area contributed by atoms with Crippen LogP contribution in [0.15, 0.2) is 23.0 Å². The van der Waals surface area contributed by atoms with Crippen LogP contribution in [0.5, 0.6) is 0 Å². The molecule has 0 saturated carbocycles. The Morgan fingerprint density at radius 1 is 1.22 bits per heavy atom. The molecule has 0 unspecified atom stereocenters. The number of likely N-dealkylation sites (tertiary alicyclic amines) is 1. The van der Waals surface area contributed by atoms with Crippen LogP contribution in [0.4, 0.5) is 4.79 Å². The van der Waals surface area contributed by atoms with Crippen molar-refractivity contribution in [2.24, 2.45) is 11.8 Å². The second kappa shape index (κ2) is 8.15. The summed E-state index contributed by atoms with van der Waals surface area (Å²) in [6, 6.07) is 4.64. The van der Waals surface area contributed by atoms with Gasteiger partial charge < -0.3 is 20.1 Å². The van der Waals surface area contributed by atoms with Gasteiger partial charge in [-0.2, -0.15) is 0 Å². The van der Waals surface area contributed by atoms with E-state index in [1.165, 1.54) is 0 Å². The summed E-state index contributed by atoms with van der Waals surface area (Å²) < 4.78 is 1.85. The fourth-order valence-electron chi connectivity index (χ4n) is 4.18. The lowest BCUT2D eigenvalue weighted by molar-refractivity contribution is -0.123. The third kappa shape index (κ3) is 4.17. The molecule has 7 nitrogen and oxygen atoms in total. The van der Waals surface area contributed by atoms with Gasteiger partial charge in [0.2, 0.25) is 5.91 Å². The number of nitrogens with zero attached hydrogens (tertiary/aromatic N) is 2. The lowest BCUT2D eigenvalue weighted by Crippen LogP contribution is -2.57. The van der Waals surface area contributed by atoms with Gasteiger partial charge in [0.15, 0.2) is 0 Å². The Hall–Kier alpha value is -2.31. The van der Waals surface area contributed by atoms with Crippen molar-refractivity contribution in [2.45, 2.75) is 52.1 Å². The molecule has 3 atom stereocenters. The topological polar surface area (TPSA) is 83.4 Å². The normalized spacial score (nSPS) is 22.1. The summed E-state index contributed by atoms with van der Waals surface area (Å²) in [5.41, 5.74) is 1.05. The smallest absolute Gasteiger partial charge is 0.318 e. The number of nitrogens with one attached hydrogen (secondary N) is 2.